The highest BCUT2D eigenvalue weighted by Gasteiger charge is 2.26. The number of esters is 2. The summed E-state index contributed by atoms with van der Waals surface area (Å²) in [5.41, 5.74) is 5.35. The van der Waals surface area contributed by atoms with Crippen LogP contribution in [0.2, 0.25) is 0 Å². The molecule has 57 heavy (non-hydrogen) atoms. The largest absolute Gasteiger partial charge is 0.472 e. The van der Waals surface area contributed by atoms with Crippen LogP contribution in [0.25, 0.3) is 0 Å². The fourth-order valence-corrected chi connectivity index (χ4v) is 6.73. The summed E-state index contributed by atoms with van der Waals surface area (Å²) in [5.74, 6) is -0.871. The second-order valence-corrected chi connectivity index (χ2v) is 16.4. The van der Waals surface area contributed by atoms with Crippen LogP contribution in [0.15, 0.2) is 60.8 Å². The molecule has 2 atom stereocenters. The van der Waals surface area contributed by atoms with Crippen molar-refractivity contribution in [2.45, 2.75) is 200 Å². The number of rotatable bonds is 42. The number of allylic oxidation sites excluding steroid dienone is 10. The van der Waals surface area contributed by atoms with Gasteiger partial charge in [0.25, 0.3) is 0 Å². The Balaban J connectivity index is 4.21. The van der Waals surface area contributed by atoms with Gasteiger partial charge in [-0.1, -0.05) is 158 Å². The predicted molar refractivity (Wildman–Crippen MR) is 238 cm³/mol. The number of ether oxygens (including phenoxy) is 2. The highest BCUT2D eigenvalue weighted by atomic mass is 31.2. The Bertz CT molecular complexity index is 1120. The van der Waals surface area contributed by atoms with Crippen LogP contribution >= 0.6 is 7.82 Å². The van der Waals surface area contributed by atoms with E-state index in [1.165, 1.54) is 89.9 Å². The van der Waals surface area contributed by atoms with Gasteiger partial charge < -0.3 is 20.1 Å². The number of nitrogens with two attached hydrogens (primary N) is 1. The van der Waals surface area contributed by atoms with Crippen LogP contribution in [0, 0.1) is 0 Å². The third-order valence-electron chi connectivity index (χ3n) is 9.38. The molecule has 0 aliphatic carbocycles. The second-order valence-electron chi connectivity index (χ2n) is 14.9. The van der Waals surface area contributed by atoms with Crippen molar-refractivity contribution in [3.8, 4) is 0 Å². The van der Waals surface area contributed by atoms with Gasteiger partial charge in [-0.3, -0.25) is 18.6 Å². The predicted octanol–water partition coefficient (Wildman–Crippen LogP) is 13.3. The number of hydrogen-bond acceptors (Lipinski definition) is 8. The Morgan fingerprint density at radius 2 is 0.912 bits per heavy atom. The first kappa shape index (κ1) is 54.7. The van der Waals surface area contributed by atoms with Gasteiger partial charge in [-0.2, -0.15) is 0 Å². The molecule has 0 radical (unpaired) electrons. The van der Waals surface area contributed by atoms with E-state index >= 15 is 0 Å². The molecule has 0 aromatic carbocycles. The number of unbranched alkanes of at least 4 members (excludes halogenated alkanes) is 19. The van der Waals surface area contributed by atoms with Gasteiger partial charge in [-0.25, -0.2) is 4.57 Å². The van der Waals surface area contributed by atoms with Gasteiger partial charge in [-0.15, -0.1) is 0 Å². The van der Waals surface area contributed by atoms with Gasteiger partial charge >= 0.3 is 19.8 Å². The molecule has 3 N–H and O–H groups in total. The van der Waals surface area contributed by atoms with Crippen molar-refractivity contribution in [3.63, 3.8) is 0 Å². The summed E-state index contributed by atoms with van der Waals surface area (Å²) in [6.45, 7) is 3.66. The minimum absolute atomic E-state index is 0.0458. The summed E-state index contributed by atoms with van der Waals surface area (Å²) in [6.07, 6.45) is 51.0. The van der Waals surface area contributed by atoms with Crippen molar-refractivity contribution in [2.75, 3.05) is 26.4 Å². The minimum atomic E-state index is -4.39. The first-order valence-electron chi connectivity index (χ1n) is 22.8. The molecule has 0 saturated heterocycles. The molecule has 0 spiro atoms. The van der Waals surface area contributed by atoms with Crippen molar-refractivity contribution in [1.29, 1.82) is 0 Å². The average Bonchev–Trinajstić information content (AvgIpc) is 3.20. The molecule has 0 aliphatic heterocycles. The molecule has 0 saturated carbocycles. The maximum Gasteiger partial charge on any atom is 0.472 e. The monoisotopic (exact) mass is 822 g/mol. The van der Waals surface area contributed by atoms with Crippen molar-refractivity contribution in [1.82, 2.24) is 0 Å². The lowest BCUT2D eigenvalue weighted by Gasteiger charge is -2.19. The molecule has 0 aromatic heterocycles. The summed E-state index contributed by atoms with van der Waals surface area (Å²) in [4.78, 5) is 34.9. The summed E-state index contributed by atoms with van der Waals surface area (Å²) in [6, 6.07) is 0. The lowest BCUT2D eigenvalue weighted by molar-refractivity contribution is -0.161. The molecule has 9 nitrogen and oxygen atoms in total. The highest BCUT2D eigenvalue weighted by Crippen LogP contribution is 2.43. The molecule has 1 unspecified atom stereocenters. The number of hydrogen-bond donors (Lipinski definition) is 2. The van der Waals surface area contributed by atoms with Crippen molar-refractivity contribution < 1.29 is 37.6 Å². The highest BCUT2D eigenvalue weighted by molar-refractivity contribution is 7.47. The molecule has 0 aliphatic rings. The van der Waals surface area contributed by atoms with E-state index in [9.17, 15) is 19.0 Å². The van der Waals surface area contributed by atoms with E-state index < -0.39 is 32.5 Å². The summed E-state index contributed by atoms with van der Waals surface area (Å²) < 4.78 is 32.8. The average molecular weight is 822 g/mol. The molecular weight excluding hydrogens is 737 g/mol. The maximum absolute atomic E-state index is 12.6. The van der Waals surface area contributed by atoms with Gasteiger partial charge in [-0.05, 0) is 83.5 Å². The molecule has 0 rings (SSSR count). The number of phosphoric acid groups is 1. The fraction of sp³-hybridized carbons (Fsp3) is 0.745. The molecule has 330 valence electrons. The lowest BCUT2D eigenvalue weighted by atomic mass is 10.1. The number of carbonyl (C=O) groups excluding carboxylic acids is 2. The van der Waals surface area contributed by atoms with Gasteiger partial charge in [0.1, 0.15) is 6.61 Å². The molecule has 10 heteroatoms. The Labute approximate surface area is 349 Å². The summed E-state index contributed by atoms with van der Waals surface area (Å²) in [5, 5.41) is 0. The molecule has 0 aromatic rings. The summed E-state index contributed by atoms with van der Waals surface area (Å²) in [7, 11) is -4.39. The number of carbonyl (C=O) groups is 2. The molecule has 0 amide bonds. The van der Waals surface area contributed by atoms with Crippen LogP contribution < -0.4 is 5.73 Å². The SMILES string of the molecule is CCCCC/C=C/C/C=C/C/C=C/C/C=C/CCCCCC(=O)OC[C@H](COP(=O)(O)OCCN)OC(=O)CCCCCCCCC/C=C/CCCCCCCC. The Morgan fingerprint density at radius 3 is 1.42 bits per heavy atom. The minimum Gasteiger partial charge on any atom is -0.462 e. The molecule has 0 heterocycles. The van der Waals surface area contributed by atoms with E-state index in [1.807, 2.05) is 0 Å². The lowest BCUT2D eigenvalue weighted by Crippen LogP contribution is -2.29. The number of phosphoric ester groups is 1. The van der Waals surface area contributed by atoms with Gasteiger partial charge in [0.2, 0.25) is 0 Å². The standard InChI is InChI=1S/C47H84NO8P/c1-3-5-7-9-11-13-15-17-19-21-22-24-25-27-29-31-33-35-37-39-46(49)53-43-45(44-55-57(51,52)54-42-41-48)56-47(50)40-38-36-34-32-30-28-26-23-20-18-16-14-12-10-8-6-4-2/h11,13,17-20,22,24,27,29,45H,3-10,12,14-16,21,23,25-26,28,30-44,48H2,1-2H3,(H,51,52)/b13-11+,19-17+,20-18+,24-22+,29-27+/t45-/m1/s1. The summed E-state index contributed by atoms with van der Waals surface area (Å²) >= 11 is 0. The zero-order valence-electron chi connectivity index (χ0n) is 36.3. The van der Waals surface area contributed by atoms with Crippen molar-refractivity contribution >= 4 is 19.8 Å². The molecule has 0 fully saturated rings. The van der Waals surface area contributed by atoms with Gasteiger partial charge in [0.05, 0.1) is 13.2 Å². The van der Waals surface area contributed by atoms with E-state index in [0.29, 0.717) is 12.8 Å². The van der Waals surface area contributed by atoms with E-state index in [0.717, 1.165) is 64.2 Å². The smallest absolute Gasteiger partial charge is 0.462 e. The van der Waals surface area contributed by atoms with E-state index in [4.69, 9.17) is 24.3 Å². The fourth-order valence-electron chi connectivity index (χ4n) is 5.96. The Hall–Kier alpha value is -2.29. The normalized spacial score (nSPS) is 13.8. The Morgan fingerprint density at radius 1 is 0.526 bits per heavy atom. The maximum atomic E-state index is 12.6. The zero-order valence-corrected chi connectivity index (χ0v) is 37.2. The van der Waals surface area contributed by atoms with E-state index in [-0.39, 0.29) is 32.6 Å². The zero-order chi connectivity index (χ0) is 41.8. The molecular formula is C47H84NO8P. The van der Waals surface area contributed by atoms with Gasteiger partial charge in [0.15, 0.2) is 6.10 Å². The van der Waals surface area contributed by atoms with Crippen LogP contribution in [-0.2, 0) is 32.7 Å². The van der Waals surface area contributed by atoms with Crippen LogP contribution in [0.3, 0.4) is 0 Å². The topological polar surface area (TPSA) is 134 Å². The van der Waals surface area contributed by atoms with Crippen molar-refractivity contribution in [2.24, 2.45) is 5.73 Å². The van der Waals surface area contributed by atoms with Crippen LogP contribution in [0.5, 0.6) is 0 Å². The van der Waals surface area contributed by atoms with Crippen LogP contribution in [-0.4, -0.2) is 49.3 Å². The van der Waals surface area contributed by atoms with E-state index in [1.54, 1.807) is 0 Å². The van der Waals surface area contributed by atoms with Crippen LogP contribution in [0.1, 0.15) is 194 Å². The first-order chi connectivity index (χ1) is 27.8. The molecule has 0 bridgehead atoms. The third kappa shape index (κ3) is 43.1. The van der Waals surface area contributed by atoms with E-state index in [2.05, 4.69) is 74.6 Å². The third-order valence-corrected chi connectivity index (χ3v) is 10.4. The van der Waals surface area contributed by atoms with Crippen LogP contribution in [0.4, 0.5) is 0 Å². The first-order valence-corrected chi connectivity index (χ1v) is 24.3. The quantitative estimate of drug-likeness (QED) is 0.0267. The Kier molecular flexibility index (Phi) is 41.6. The second kappa shape index (κ2) is 43.3. The van der Waals surface area contributed by atoms with Gasteiger partial charge in [0, 0.05) is 19.4 Å². The van der Waals surface area contributed by atoms with Crippen molar-refractivity contribution in [3.05, 3.63) is 60.8 Å².